The minimum absolute atomic E-state index is 0.0127. The Hall–Kier alpha value is -2.39. The third kappa shape index (κ3) is 3.85. The van der Waals surface area contributed by atoms with Crippen LogP contribution in [0, 0.1) is 11.8 Å². The molecule has 0 unspecified atom stereocenters. The lowest BCUT2D eigenvalue weighted by Crippen LogP contribution is -2.52. The van der Waals surface area contributed by atoms with Crippen molar-refractivity contribution in [3.8, 4) is 0 Å². The molecule has 168 valence electrons. The summed E-state index contributed by atoms with van der Waals surface area (Å²) in [6, 6.07) is 3.58. The van der Waals surface area contributed by atoms with Crippen molar-refractivity contribution in [1.82, 2.24) is 24.7 Å². The van der Waals surface area contributed by atoms with E-state index in [4.69, 9.17) is 0 Å². The number of halogens is 3. The number of carbonyl (C=O) groups excluding carboxylic acids is 1. The maximum absolute atomic E-state index is 13.3. The second-order valence-electron chi connectivity index (χ2n) is 9.03. The highest BCUT2D eigenvalue weighted by Gasteiger charge is 2.40. The molecular weight excluding hydrogens is 409 g/mol. The van der Waals surface area contributed by atoms with Crippen molar-refractivity contribution in [2.24, 2.45) is 11.8 Å². The summed E-state index contributed by atoms with van der Waals surface area (Å²) >= 11 is 0. The molecule has 2 atom stereocenters. The van der Waals surface area contributed by atoms with Crippen molar-refractivity contribution in [2.75, 3.05) is 24.5 Å². The Balaban J connectivity index is 1.26. The van der Waals surface area contributed by atoms with Crippen LogP contribution in [0.1, 0.15) is 57.2 Å². The predicted octanol–water partition coefficient (Wildman–Crippen LogP) is 3.54. The molecule has 3 aliphatic rings. The minimum atomic E-state index is -4.62. The Morgan fingerprint density at radius 3 is 2.45 bits per heavy atom. The van der Waals surface area contributed by atoms with Gasteiger partial charge in [-0.1, -0.05) is 12.8 Å². The average molecular weight is 436 g/mol. The highest BCUT2D eigenvalue weighted by Crippen LogP contribution is 2.37. The summed E-state index contributed by atoms with van der Waals surface area (Å²) in [5, 5.41) is 10.9. The number of nitrogens with zero attached hydrogens (tertiary/aromatic N) is 6. The first-order valence-electron chi connectivity index (χ1n) is 11.3. The third-order valence-corrected chi connectivity index (χ3v) is 7.20. The Morgan fingerprint density at radius 1 is 0.935 bits per heavy atom. The number of aromatic nitrogens is 4. The number of likely N-dealkylation sites (tertiary alicyclic amines) is 1. The lowest BCUT2D eigenvalue weighted by molar-refractivity contribution is -0.146. The summed E-state index contributed by atoms with van der Waals surface area (Å²) < 4.78 is 40.2. The van der Waals surface area contributed by atoms with Gasteiger partial charge in [-0.2, -0.15) is 17.7 Å². The zero-order valence-corrected chi connectivity index (χ0v) is 17.4. The van der Waals surface area contributed by atoms with Crippen LogP contribution in [-0.4, -0.2) is 56.3 Å². The molecule has 31 heavy (non-hydrogen) atoms. The molecule has 0 N–H and O–H groups in total. The molecule has 2 aromatic heterocycles. The van der Waals surface area contributed by atoms with Gasteiger partial charge in [0.15, 0.2) is 5.65 Å². The summed E-state index contributed by atoms with van der Waals surface area (Å²) in [6.07, 6.45) is 3.96. The van der Waals surface area contributed by atoms with E-state index in [1.165, 1.54) is 31.7 Å². The van der Waals surface area contributed by atoms with E-state index < -0.39 is 12.0 Å². The number of anilines is 1. The Morgan fingerprint density at radius 2 is 1.68 bits per heavy atom. The molecule has 7 nitrogen and oxygen atoms in total. The molecule has 0 spiro atoms. The van der Waals surface area contributed by atoms with Crippen LogP contribution in [0.2, 0.25) is 0 Å². The van der Waals surface area contributed by atoms with Crippen LogP contribution in [0.5, 0.6) is 0 Å². The van der Waals surface area contributed by atoms with E-state index in [1.807, 2.05) is 4.90 Å². The topological polar surface area (TPSA) is 66.6 Å². The largest absolute Gasteiger partial charge is 0.453 e. The monoisotopic (exact) mass is 436 g/mol. The van der Waals surface area contributed by atoms with E-state index in [-0.39, 0.29) is 17.5 Å². The lowest BCUT2D eigenvalue weighted by Gasteiger charge is -2.46. The molecule has 2 aromatic rings. The van der Waals surface area contributed by atoms with Crippen molar-refractivity contribution in [1.29, 1.82) is 0 Å². The van der Waals surface area contributed by atoms with Crippen molar-refractivity contribution in [2.45, 2.75) is 63.6 Å². The quantitative estimate of drug-likeness (QED) is 0.721. The van der Waals surface area contributed by atoms with Gasteiger partial charge in [0.1, 0.15) is 5.82 Å². The van der Waals surface area contributed by atoms with E-state index in [9.17, 15) is 18.0 Å². The molecule has 10 heteroatoms. The molecule has 1 amide bonds. The predicted molar refractivity (Wildman–Crippen MR) is 107 cm³/mol. The van der Waals surface area contributed by atoms with E-state index in [2.05, 4.69) is 20.2 Å². The Labute approximate surface area is 178 Å². The molecular formula is C21H27F3N6O. The van der Waals surface area contributed by atoms with Crippen LogP contribution < -0.4 is 4.90 Å². The summed E-state index contributed by atoms with van der Waals surface area (Å²) in [6.45, 7) is 2.06. The number of piperidine rings is 2. The van der Waals surface area contributed by atoms with E-state index in [0.717, 1.165) is 23.9 Å². The summed E-state index contributed by atoms with van der Waals surface area (Å²) in [4.78, 5) is 17.4. The minimum Gasteiger partial charge on any atom is -0.355 e. The van der Waals surface area contributed by atoms with Crippen molar-refractivity contribution >= 4 is 17.4 Å². The van der Waals surface area contributed by atoms with Gasteiger partial charge in [-0.25, -0.2) is 0 Å². The lowest BCUT2D eigenvalue weighted by atomic mass is 9.77. The average Bonchev–Trinajstić information content (AvgIpc) is 3.22. The van der Waals surface area contributed by atoms with Crippen LogP contribution in [0.3, 0.4) is 0 Å². The van der Waals surface area contributed by atoms with Crippen molar-refractivity contribution in [3.05, 3.63) is 18.0 Å². The number of fused-ring (bicyclic) bond motifs is 2. The summed E-state index contributed by atoms with van der Waals surface area (Å²) in [5.74, 6) is 0.254. The number of amides is 1. The maximum atomic E-state index is 13.3. The molecule has 4 heterocycles. The fraction of sp³-hybridized carbons (Fsp3) is 0.714. The smallest absolute Gasteiger partial charge is 0.355 e. The summed E-state index contributed by atoms with van der Waals surface area (Å²) in [5.41, 5.74) is 0.0632. The molecule has 3 fully saturated rings. The van der Waals surface area contributed by atoms with E-state index >= 15 is 0 Å². The van der Waals surface area contributed by atoms with E-state index in [1.54, 1.807) is 6.07 Å². The van der Waals surface area contributed by atoms with Gasteiger partial charge in [0.25, 0.3) is 5.82 Å². The van der Waals surface area contributed by atoms with Crippen LogP contribution >= 0.6 is 0 Å². The van der Waals surface area contributed by atoms with Crippen molar-refractivity contribution in [3.63, 3.8) is 0 Å². The van der Waals surface area contributed by atoms with Gasteiger partial charge >= 0.3 is 6.18 Å². The van der Waals surface area contributed by atoms with Crippen LogP contribution in [0.25, 0.3) is 5.65 Å². The first-order valence-corrected chi connectivity index (χ1v) is 11.3. The standard InChI is InChI=1S/C21H27F3N6O/c22-21(23,24)20-26-25-17-7-8-18(27-30(17)20)28-12-9-15(10-13-28)19(31)29-11-3-5-14-4-1-2-6-16(14)29/h7-8,14-16H,1-6,9-13H2/t14-,16-/m1/s1. The molecule has 5 rings (SSSR count). The molecule has 0 aromatic carbocycles. The second-order valence-corrected chi connectivity index (χ2v) is 9.03. The first-order chi connectivity index (χ1) is 14.9. The maximum Gasteiger partial charge on any atom is 0.453 e. The normalized spacial score (nSPS) is 25.6. The Kier molecular flexibility index (Phi) is 5.26. The molecule has 0 radical (unpaired) electrons. The second kappa shape index (κ2) is 7.94. The van der Waals surface area contributed by atoms with Gasteiger partial charge in [0.2, 0.25) is 5.91 Å². The number of hydrogen-bond donors (Lipinski definition) is 0. The molecule has 1 saturated carbocycles. The third-order valence-electron chi connectivity index (χ3n) is 7.20. The van der Waals surface area contributed by atoms with Gasteiger partial charge in [0, 0.05) is 31.6 Å². The van der Waals surface area contributed by atoms with Crippen molar-refractivity contribution < 1.29 is 18.0 Å². The molecule has 2 saturated heterocycles. The summed E-state index contributed by atoms with van der Waals surface area (Å²) in [7, 11) is 0. The highest BCUT2D eigenvalue weighted by molar-refractivity contribution is 5.79. The van der Waals surface area contributed by atoms with Gasteiger partial charge in [-0.3, -0.25) is 4.79 Å². The molecule has 1 aliphatic carbocycles. The number of carbonyl (C=O) groups is 1. The van der Waals surface area contributed by atoms with Crippen LogP contribution in [0.4, 0.5) is 19.0 Å². The van der Waals surface area contributed by atoms with Gasteiger partial charge in [-0.05, 0) is 56.6 Å². The molecule has 0 bridgehead atoms. The number of alkyl halides is 3. The first kappa shape index (κ1) is 20.5. The zero-order chi connectivity index (χ0) is 21.6. The zero-order valence-electron chi connectivity index (χ0n) is 17.4. The fourth-order valence-electron chi connectivity index (χ4n) is 5.61. The SMILES string of the molecule is O=C(C1CCN(c2ccc3nnc(C(F)(F)F)n3n2)CC1)N1CCC[C@H]2CCCC[C@H]21. The Bertz CT molecular complexity index is 950. The van der Waals surface area contributed by atoms with Gasteiger partial charge < -0.3 is 9.80 Å². The van der Waals surface area contributed by atoms with Gasteiger partial charge in [-0.15, -0.1) is 15.3 Å². The van der Waals surface area contributed by atoms with E-state index in [0.29, 0.717) is 43.7 Å². The van der Waals surface area contributed by atoms with Crippen LogP contribution in [-0.2, 0) is 11.0 Å². The number of hydrogen-bond acceptors (Lipinski definition) is 5. The number of rotatable bonds is 2. The highest BCUT2D eigenvalue weighted by atomic mass is 19.4. The van der Waals surface area contributed by atoms with Gasteiger partial charge in [0.05, 0.1) is 0 Å². The van der Waals surface area contributed by atoms with Crippen LogP contribution in [0.15, 0.2) is 12.1 Å². The molecule has 2 aliphatic heterocycles. The fourth-order valence-corrected chi connectivity index (χ4v) is 5.61.